The SMILES string of the molecule is COc1ccc(N=C2S[C@H]3[C@@H]([C@@H](O)[C@H](O)C[C@@H]3C(N)=O)N2Cc2cccs2)cc1. The number of aliphatic hydroxyl groups is 2. The number of fused-ring (bicyclic) bond motifs is 1. The molecule has 0 spiro atoms. The van der Waals surface area contributed by atoms with E-state index in [1.165, 1.54) is 11.8 Å². The standard InChI is InChI=1S/C20H23N3O4S2/c1-27-12-6-4-11(5-7-12)22-20-23(10-13-3-2-8-28-13)16-17(25)15(24)9-14(19(21)26)18(16)29-20/h2-8,14-18,24-25H,9-10H2,1H3,(H2,21,26)/t14-,15+,16+,17-,18+/m0/s1. The molecule has 1 aromatic heterocycles. The van der Waals surface area contributed by atoms with Crippen LogP contribution in [-0.2, 0) is 11.3 Å². The minimum Gasteiger partial charge on any atom is -0.497 e. The maximum absolute atomic E-state index is 12.1. The highest BCUT2D eigenvalue weighted by atomic mass is 32.2. The molecule has 2 aliphatic rings. The molecule has 4 N–H and O–H groups in total. The Hall–Kier alpha value is -2.07. The summed E-state index contributed by atoms with van der Waals surface area (Å²) >= 11 is 3.06. The Kier molecular flexibility index (Phi) is 5.82. The average Bonchev–Trinajstić information content (AvgIpc) is 3.34. The number of benzene rings is 1. The zero-order chi connectivity index (χ0) is 20.5. The summed E-state index contributed by atoms with van der Waals surface area (Å²) in [5, 5.41) is 23.6. The number of thioether (sulfide) groups is 1. The van der Waals surface area contributed by atoms with Gasteiger partial charge in [0.1, 0.15) is 11.9 Å². The molecule has 2 aromatic rings. The Morgan fingerprint density at radius 2 is 2.07 bits per heavy atom. The van der Waals surface area contributed by atoms with Crippen LogP contribution in [0.4, 0.5) is 5.69 Å². The largest absolute Gasteiger partial charge is 0.497 e. The van der Waals surface area contributed by atoms with Crippen molar-refractivity contribution in [1.29, 1.82) is 0 Å². The fraction of sp³-hybridized carbons (Fsp3) is 0.400. The van der Waals surface area contributed by atoms with Crippen molar-refractivity contribution < 1.29 is 19.7 Å². The second-order valence-corrected chi connectivity index (χ2v) is 9.35. The lowest BCUT2D eigenvalue weighted by Gasteiger charge is -2.41. The lowest BCUT2D eigenvalue weighted by Crippen LogP contribution is -2.58. The number of hydrogen-bond acceptors (Lipinski definition) is 7. The van der Waals surface area contributed by atoms with E-state index < -0.39 is 30.1 Å². The van der Waals surface area contributed by atoms with E-state index in [1.54, 1.807) is 18.4 Å². The molecule has 1 saturated heterocycles. The van der Waals surface area contributed by atoms with Crippen LogP contribution in [0.1, 0.15) is 11.3 Å². The van der Waals surface area contributed by atoms with Crippen LogP contribution in [0.2, 0.25) is 0 Å². The van der Waals surface area contributed by atoms with Crippen LogP contribution >= 0.6 is 23.1 Å². The highest BCUT2D eigenvalue weighted by Gasteiger charge is 2.54. The maximum atomic E-state index is 12.1. The normalized spacial score (nSPS) is 30.4. The molecular formula is C20H23N3O4S2. The number of ether oxygens (including phenoxy) is 1. The second kappa shape index (κ2) is 8.35. The van der Waals surface area contributed by atoms with Crippen molar-refractivity contribution in [1.82, 2.24) is 4.90 Å². The minimum absolute atomic E-state index is 0.160. The van der Waals surface area contributed by atoms with Gasteiger partial charge in [-0.3, -0.25) is 4.79 Å². The first-order valence-corrected chi connectivity index (χ1v) is 11.1. The van der Waals surface area contributed by atoms with Crippen molar-refractivity contribution >= 4 is 39.9 Å². The van der Waals surface area contributed by atoms with Gasteiger partial charge in [0.15, 0.2) is 5.17 Å². The number of carbonyl (C=O) groups excluding carboxylic acids is 1. The molecule has 0 unspecified atom stereocenters. The minimum atomic E-state index is -1.000. The summed E-state index contributed by atoms with van der Waals surface area (Å²) in [6.45, 7) is 0.538. The molecule has 1 aliphatic carbocycles. The third kappa shape index (κ3) is 4.00. The highest BCUT2D eigenvalue weighted by Crippen LogP contribution is 2.45. The molecule has 9 heteroatoms. The van der Waals surface area contributed by atoms with Gasteiger partial charge in [-0.1, -0.05) is 17.8 Å². The molecule has 2 fully saturated rings. The Morgan fingerprint density at radius 3 is 2.69 bits per heavy atom. The van der Waals surface area contributed by atoms with Crippen molar-refractivity contribution in [3.05, 3.63) is 46.7 Å². The summed E-state index contributed by atoms with van der Waals surface area (Å²) in [6.07, 6.45) is -1.82. The van der Waals surface area contributed by atoms with Gasteiger partial charge in [0.2, 0.25) is 5.91 Å². The van der Waals surface area contributed by atoms with Gasteiger partial charge < -0.3 is 25.6 Å². The van der Waals surface area contributed by atoms with E-state index >= 15 is 0 Å². The van der Waals surface area contributed by atoms with E-state index in [1.807, 2.05) is 46.7 Å². The Bertz CT molecular complexity index is 888. The first kappa shape index (κ1) is 20.2. The Balaban J connectivity index is 1.72. The van der Waals surface area contributed by atoms with Crippen molar-refractivity contribution in [3.8, 4) is 5.75 Å². The van der Waals surface area contributed by atoms with E-state index in [-0.39, 0.29) is 11.7 Å². The summed E-state index contributed by atoms with van der Waals surface area (Å²) in [5.74, 6) is -0.248. The van der Waals surface area contributed by atoms with Crippen LogP contribution in [0.15, 0.2) is 46.8 Å². The van der Waals surface area contributed by atoms with Crippen molar-refractivity contribution in [2.75, 3.05) is 7.11 Å². The number of nitrogens with zero attached hydrogens (tertiary/aromatic N) is 2. The molecule has 5 atom stereocenters. The zero-order valence-electron chi connectivity index (χ0n) is 15.8. The van der Waals surface area contributed by atoms with Crippen LogP contribution in [0, 0.1) is 5.92 Å². The number of carbonyl (C=O) groups is 1. The van der Waals surface area contributed by atoms with Gasteiger partial charge in [-0.25, -0.2) is 4.99 Å². The van der Waals surface area contributed by atoms with E-state index in [0.29, 0.717) is 11.7 Å². The number of amidine groups is 1. The van der Waals surface area contributed by atoms with Gasteiger partial charge >= 0.3 is 0 Å². The number of nitrogens with two attached hydrogens (primary N) is 1. The van der Waals surface area contributed by atoms with Gasteiger partial charge in [-0.15, -0.1) is 11.3 Å². The lowest BCUT2D eigenvalue weighted by molar-refractivity contribution is -0.128. The van der Waals surface area contributed by atoms with E-state index in [2.05, 4.69) is 0 Å². The zero-order valence-corrected chi connectivity index (χ0v) is 17.5. The molecule has 2 heterocycles. The fourth-order valence-electron chi connectivity index (χ4n) is 3.90. The first-order chi connectivity index (χ1) is 14.0. The Morgan fingerprint density at radius 1 is 1.31 bits per heavy atom. The maximum Gasteiger partial charge on any atom is 0.221 e. The number of rotatable bonds is 5. The van der Waals surface area contributed by atoms with E-state index in [4.69, 9.17) is 15.5 Å². The van der Waals surface area contributed by atoms with Crippen molar-refractivity contribution in [2.24, 2.45) is 16.6 Å². The van der Waals surface area contributed by atoms with E-state index in [9.17, 15) is 15.0 Å². The summed E-state index contributed by atoms with van der Waals surface area (Å²) in [6, 6.07) is 10.9. The van der Waals surface area contributed by atoms with Gasteiger partial charge in [0.25, 0.3) is 0 Å². The van der Waals surface area contributed by atoms with Gasteiger partial charge in [-0.2, -0.15) is 0 Å². The molecule has 154 valence electrons. The molecule has 0 radical (unpaired) electrons. The fourth-order valence-corrected chi connectivity index (χ4v) is 6.19. The van der Waals surface area contributed by atoms with Crippen molar-refractivity contribution in [3.63, 3.8) is 0 Å². The predicted octanol–water partition coefficient (Wildman–Crippen LogP) is 1.96. The number of primary amides is 1. The number of hydrogen-bond donors (Lipinski definition) is 3. The van der Waals surface area contributed by atoms with Crippen molar-refractivity contribution in [2.45, 2.75) is 36.5 Å². The molecule has 0 bridgehead atoms. The van der Waals surface area contributed by atoms with Crippen LogP contribution in [-0.4, -0.2) is 56.8 Å². The molecule has 1 aliphatic heterocycles. The second-order valence-electron chi connectivity index (χ2n) is 7.18. The summed E-state index contributed by atoms with van der Waals surface area (Å²) in [4.78, 5) is 19.9. The number of methoxy groups -OCH3 is 1. The molecular weight excluding hydrogens is 410 g/mol. The molecule has 7 nitrogen and oxygen atoms in total. The topological polar surface area (TPSA) is 108 Å². The number of amides is 1. The van der Waals surface area contributed by atoms with Crippen LogP contribution < -0.4 is 10.5 Å². The summed E-state index contributed by atoms with van der Waals surface area (Å²) in [5.41, 5.74) is 6.37. The summed E-state index contributed by atoms with van der Waals surface area (Å²) < 4.78 is 5.20. The number of aliphatic hydroxyl groups excluding tert-OH is 2. The van der Waals surface area contributed by atoms with Crippen LogP contribution in [0.3, 0.4) is 0 Å². The Labute approximate surface area is 177 Å². The molecule has 29 heavy (non-hydrogen) atoms. The monoisotopic (exact) mass is 433 g/mol. The van der Waals surface area contributed by atoms with E-state index in [0.717, 1.165) is 16.3 Å². The lowest BCUT2D eigenvalue weighted by atomic mass is 9.80. The highest BCUT2D eigenvalue weighted by molar-refractivity contribution is 8.14. The third-order valence-electron chi connectivity index (χ3n) is 5.39. The van der Waals surface area contributed by atoms with Gasteiger partial charge in [-0.05, 0) is 42.1 Å². The predicted molar refractivity (Wildman–Crippen MR) is 114 cm³/mol. The average molecular weight is 434 g/mol. The quantitative estimate of drug-likeness (QED) is 0.665. The first-order valence-electron chi connectivity index (χ1n) is 9.32. The molecule has 4 rings (SSSR count). The third-order valence-corrected chi connectivity index (χ3v) is 7.67. The van der Waals surface area contributed by atoms with Gasteiger partial charge in [0, 0.05) is 10.1 Å². The molecule has 1 amide bonds. The van der Waals surface area contributed by atoms with Crippen LogP contribution in [0.5, 0.6) is 5.75 Å². The summed E-state index contributed by atoms with van der Waals surface area (Å²) in [7, 11) is 1.61. The molecule has 1 aromatic carbocycles. The number of thiophene rings is 1. The van der Waals surface area contributed by atoms with Gasteiger partial charge in [0.05, 0.1) is 37.4 Å². The number of aliphatic imine (C=N–C) groups is 1. The smallest absolute Gasteiger partial charge is 0.221 e. The molecule has 1 saturated carbocycles. The van der Waals surface area contributed by atoms with Crippen LogP contribution in [0.25, 0.3) is 0 Å².